The van der Waals surface area contributed by atoms with Gasteiger partial charge in [-0.1, -0.05) is 41.5 Å². The third kappa shape index (κ3) is 2.70. The summed E-state index contributed by atoms with van der Waals surface area (Å²) in [6.07, 6.45) is 0. The summed E-state index contributed by atoms with van der Waals surface area (Å²) in [6, 6.07) is 0. The van der Waals surface area contributed by atoms with Crippen LogP contribution in [0.15, 0.2) is 0 Å². The molecule has 0 saturated carbocycles. The van der Waals surface area contributed by atoms with Gasteiger partial charge in [0.1, 0.15) is 0 Å². The molecular weight excluding hydrogens is 218 g/mol. The maximum atomic E-state index is 11.6. The van der Waals surface area contributed by atoms with Gasteiger partial charge in [-0.2, -0.15) is 0 Å². The molecule has 0 atom stereocenters. The Morgan fingerprint density at radius 2 is 1.56 bits per heavy atom. The number of hydrogen-bond donors (Lipinski definition) is 0. The van der Waals surface area contributed by atoms with Crippen molar-refractivity contribution in [3.05, 3.63) is 15.6 Å². The number of nitrogens with zero attached hydrogens (tertiary/aromatic N) is 1. The van der Waals surface area contributed by atoms with Crippen molar-refractivity contribution in [1.29, 1.82) is 0 Å². The highest BCUT2D eigenvalue weighted by atomic mass is 32.1. The molecule has 0 unspecified atom stereocenters. The average molecular weight is 239 g/mol. The fourth-order valence-corrected chi connectivity index (χ4v) is 2.62. The molecule has 0 bridgehead atoms. The molecule has 0 aliphatic rings. The van der Waals surface area contributed by atoms with Crippen LogP contribution in [-0.2, 0) is 10.8 Å². The molecule has 0 aliphatic carbocycles. The molecule has 3 heteroatoms. The van der Waals surface area contributed by atoms with E-state index in [1.807, 2.05) is 0 Å². The molecule has 0 aliphatic heterocycles. The Labute approximate surface area is 102 Å². The molecule has 0 spiro atoms. The van der Waals surface area contributed by atoms with Gasteiger partial charge in [0.15, 0.2) is 5.78 Å². The molecule has 1 aromatic heterocycles. The van der Waals surface area contributed by atoms with E-state index in [1.54, 1.807) is 18.3 Å². The highest BCUT2D eigenvalue weighted by Gasteiger charge is 2.28. The van der Waals surface area contributed by atoms with Crippen LogP contribution in [0.3, 0.4) is 0 Å². The zero-order valence-corrected chi connectivity index (χ0v) is 12.1. The monoisotopic (exact) mass is 239 g/mol. The van der Waals surface area contributed by atoms with Crippen LogP contribution in [0, 0.1) is 0 Å². The Hall–Kier alpha value is -0.700. The smallest absolute Gasteiger partial charge is 0.171 e. The molecule has 1 aromatic rings. The number of hydrogen-bond acceptors (Lipinski definition) is 3. The standard InChI is InChI=1S/C13H21NOS/c1-8(15)9-10(12(2,3)4)14-11(16-9)13(5,6)7/h1-7H3. The summed E-state index contributed by atoms with van der Waals surface area (Å²) in [5.41, 5.74) is 0.884. The summed E-state index contributed by atoms with van der Waals surface area (Å²) in [7, 11) is 0. The molecule has 1 rings (SSSR count). The first-order valence-electron chi connectivity index (χ1n) is 5.56. The number of ketones is 1. The summed E-state index contributed by atoms with van der Waals surface area (Å²) in [4.78, 5) is 17.1. The van der Waals surface area contributed by atoms with Crippen LogP contribution in [-0.4, -0.2) is 10.8 Å². The third-order valence-corrected chi connectivity index (χ3v) is 3.88. The van der Waals surface area contributed by atoms with Crippen molar-refractivity contribution in [3.8, 4) is 0 Å². The van der Waals surface area contributed by atoms with Gasteiger partial charge in [-0.15, -0.1) is 11.3 Å². The zero-order valence-electron chi connectivity index (χ0n) is 11.3. The molecule has 0 fully saturated rings. The van der Waals surface area contributed by atoms with Crippen LogP contribution < -0.4 is 0 Å². The van der Waals surface area contributed by atoms with Crippen LogP contribution in [0.2, 0.25) is 0 Å². The van der Waals surface area contributed by atoms with E-state index in [0.717, 1.165) is 15.6 Å². The summed E-state index contributed by atoms with van der Waals surface area (Å²) in [5.74, 6) is 0.123. The minimum absolute atomic E-state index is 0.0123. The lowest BCUT2D eigenvalue weighted by Gasteiger charge is -2.17. The lowest BCUT2D eigenvalue weighted by molar-refractivity contribution is 0.101. The molecule has 0 aromatic carbocycles. The number of carbonyl (C=O) groups excluding carboxylic acids is 1. The average Bonchev–Trinajstić information content (AvgIpc) is 2.44. The minimum atomic E-state index is -0.0684. The highest BCUT2D eigenvalue weighted by molar-refractivity contribution is 7.14. The van der Waals surface area contributed by atoms with E-state index in [0.29, 0.717) is 0 Å². The predicted octanol–water partition coefficient (Wildman–Crippen LogP) is 3.94. The van der Waals surface area contributed by atoms with E-state index >= 15 is 0 Å². The second-order valence-corrected chi connectivity index (χ2v) is 7.25. The third-order valence-electron chi connectivity index (χ3n) is 2.30. The second kappa shape index (κ2) is 3.95. The van der Waals surface area contributed by atoms with Crippen molar-refractivity contribution in [2.45, 2.75) is 59.3 Å². The maximum absolute atomic E-state index is 11.6. The normalized spacial score (nSPS) is 12.9. The molecule has 1 heterocycles. The van der Waals surface area contributed by atoms with Gasteiger partial charge in [-0.05, 0) is 0 Å². The summed E-state index contributed by atoms with van der Waals surface area (Å²) in [6.45, 7) is 14.3. The first-order valence-corrected chi connectivity index (χ1v) is 6.38. The van der Waals surface area contributed by atoms with Crippen molar-refractivity contribution in [2.24, 2.45) is 0 Å². The van der Waals surface area contributed by atoms with Crippen molar-refractivity contribution < 1.29 is 4.79 Å². The molecule has 0 N–H and O–H groups in total. The lowest BCUT2D eigenvalue weighted by atomic mass is 9.90. The van der Waals surface area contributed by atoms with Gasteiger partial charge in [0.2, 0.25) is 0 Å². The van der Waals surface area contributed by atoms with Crippen LogP contribution >= 0.6 is 11.3 Å². The Morgan fingerprint density at radius 1 is 1.06 bits per heavy atom. The first-order chi connectivity index (χ1) is 7.03. The van der Waals surface area contributed by atoms with Gasteiger partial charge < -0.3 is 0 Å². The van der Waals surface area contributed by atoms with Gasteiger partial charge in [0.25, 0.3) is 0 Å². The van der Waals surface area contributed by atoms with Crippen LogP contribution in [0.1, 0.15) is 68.8 Å². The number of thiazole rings is 1. The zero-order chi connectivity index (χ0) is 12.7. The largest absolute Gasteiger partial charge is 0.294 e. The summed E-state index contributed by atoms with van der Waals surface area (Å²) >= 11 is 1.54. The van der Waals surface area contributed by atoms with Crippen molar-refractivity contribution in [2.75, 3.05) is 0 Å². The molecular formula is C13H21NOS. The Morgan fingerprint density at radius 3 is 1.81 bits per heavy atom. The lowest BCUT2D eigenvalue weighted by Crippen LogP contribution is -2.17. The van der Waals surface area contributed by atoms with Crippen molar-refractivity contribution in [3.63, 3.8) is 0 Å². The van der Waals surface area contributed by atoms with Crippen LogP contribution in [0.5, 0.6) is 0 Å². The number of Topliss-reactive ketones (excluding diaryl/α,β-unsaturated/α-hetero) is 1. The van der Waals surface area contributed by atoms with E-state index < -0.39 is 0 Å². The van der Waals surface area contributed by atoms with Gasteiger partial charge in [0, 0.05) is 17.8 Å². The van der Waals surface area contributed by atoms with Gasteiger partial charge >= 0.3 is 0 Å². The number of aromatic nitrogens is 1. The SMILES string of the molecule is CC(=O)c1sc(C(C)(C)C)nc1C(C)(C)C. The Balaban J connectivity index is 3.38. The minimum Gasteiger partial charge on any atom is -0.294 e. The number of carbonyl (C=O) groups is 1. The molecule has 0 radical (unpaired) electrons. The summed E-state index contributed by atoms with van der Waals surface area (Å²) in [5, 5.41) is 1.04. The highest BCUT2D eigenvalue weighted by Crippen LogP contribution is 2.35. The molecule has 2 nitrogen and oxygen atoms in total. The first kappa shape index (κ1) is 13.4. The van der Waals surface area contributed by atoms with E-state index in [-0.39, 0.29) is 16.6 Å². The predicted molar refractivity (Wildman–Crippen MR) is 69.5 cm³/mol. The molecule has 0 amide bonds. The topological polar surface area (TPSA) is 30.0 Å². The van der Waals surface area contributed by atoms with Crippen molar-refractivity contribution in [1.82, 2.24) is 4.98 Å². The fraction of sp³-hybridized carbons (Fsp3) is 0.692. The fourth-order valence-electron chi connectivity index (χ4n) is 1.39. The van der Waals surface area contributed by atoms with Crippen molar-refractivity contribution >= 4 is 17.1 Å². The summed E-state index contributed by atoms with van der Waals surface area (Å²) < 4.78 is 0. The van der Waals surface area contributed by atoms with Gasteiger partial charge in [-0.25, -0.2) is 4.98 Å². The van der Waals surface area contributed by atoms with Gasteiger partial charge in [0.05, 0.1) is 15.6 Å². The molecule has 90 valence electrons. The van der Waals surface area contributed by atoms with E-state index in [9.17, 15) is 4.79 Å². The van der Waals surface area contributed by atoms with E-state index in [1.165, 1.54) is 0 Å². The number of rotatable bonds is 1. The van der Waals surface area contributed by atoms with E-state index in [4.69, 9.17) is 0 Å². The van der Waals surface area contributed by atoms with Crippen LogP contribution in [0.25, 0.3) is 0 Å². The maximum Gasteiger partial charge on any atom is 0.171 e. The van der Waals surface area contributed by atoms with E-state index in [2.05, 4.69) is 46.5 Å². The molecule has 0 saturated heterocycles. The molecule has 16 heavy (non-hydrogen) atoms. The Bertz CT molecular complexity index is 405. The Kier molecular flexibility index (Phi) is 3.30. The van der Waals surface area contributed by atoms with Gasteiger partial charge in [-0.3, -0.25) is 4.79 Å². The quantitative estimate of drug-likeness (QED) is 0.695. The second-order valence-electron chi connectivity index (χ2n) is 6.25. The van der Waals surface area contributed by atoms with Crippen LogP contribution in [0.4, 0.5) is 0 Å².